The summed E-state index contributed by atoms with van der Waals surface area (Å²) in [6.45, 7) is 0. The number of aryl methyl sites for hydroxylation is 1. The van der Waals surface area contributed by atoms with Crippen molar-refractivity contribution in [3.05, 3.63) is 82.8 Å². The molecule has 2 aromatic carbocycles. The number of ether oxygens (including phenoxy) is 2. The number of hydrogen-bond donors (Lipinski definition) is 1. The third-order valence-electron chi connectivity index (χ3n) is 4.58. The summed E-state index contributed by atoms with van der Waals surface area (Å²) in [6, 6.07) is 14.4. The van der Waals surface area contributed by atoms with E-state index in [1.807, 2.05) is 0 Å². The van der Waals surface area contributed by atoms with E-state index in [-0.39, 0.29) is 17.1 Å². The van der Waals surface area contributed by atoms with E-state index >= 15 is 0 Å². The molecule has 1 N–H and O–H groups in total. The second kappa shape index (κ2) is 10.0. The zero-order chi connectivity index (χ0) is 24.1. The molecule has 0 atom stereocenters. The predicted molar refractivity (Wildman–Crippen MR) is 123 cm³/mol. The van der Waals surface area contributed by atoms with Gasteiger partial charge in [0.05, 0.1) is 16.9 Å². The van der Waals surface area contributed by atoms with E-state index in [9.17, 15) is 14.9 Å². The molecule has 34 heavy (non-hydrogen) atoms. The zero-order valence-corrected chi connectivity index (χ0v) is 18.9. The van der Waals surface area contributed by atoms with Gasteiger partial charge in [0.25, 0.3) is 11.6 Å². The largest absolute Gasteiger partial charge is 0.497 e. The molecular formula is C22H18N6O5S. The Balaban J connectivity index is 1.55. The van der Waals surface area contributed by atoms with E-state index in [4.69, 9.17) is 9.47 Å². The topological polar surface area (TPSA) is 134 Å². The van der Waals surface area contributed by atoms with Crippen LogP contribution >= 0.6 is 11.8 Å². The van der Waals surface area contributed by atoms with Gasteiger partial charge in [0, 0.05) is 24.9 Å². The van der Waals surface area contributed by atoms with E-state index in [2.05, 4.69) is 20.5 Å². The molecular weight excluding hydrogens is 460 g/mol. The van der Waals surface area contributed by atoms with Crippen molar-refractivity contribution in [3.8, 4) is 17.4 Å². The van der Waals surface area contributed by atoms with Crippen molar-refractivity contribution in [2.75, 3.05) is 12.4 Å². The molecule has 0 fully saturated rings. The number of hydrogen-bond acceptors (Lipinski definition) is 9. The zero-order valence-electron chi connectivity index (χ0n) is 18.0. The molecule has 0 saturated carbocycles. The van der Waals surface area contributed by atoms with Gasteiger partial charge in [-0.3, -0.25) is 14.9 Å². The van der Waals surface area contributed by atoms with Gasteiger partial charge in [0.1, 0.15) is 23.5 Å². The number of amides is 1. The predicted octanol–water partition coefficient (Wildman–Crippen LogP) is 4.32. The minimum atomic E-state index is -0.550. The lowest BCUT2D eigenvalue weighted by atomic mass is 10.2. The number of pyridine rings is 1. The molecule has 0 spiro atoms. The molecule has 1 amide bonds. The van der Waals surface area contributed by atoms with Gasteiger partial charge in [-0.25, -0.2) is 4.98 Å². The lowest BCUT2D eigenvalue weighted by molar-refractivity contribution is -0.387. The third kappa shape index (κ3) is 5.13. The summed E-state index contributed by atoms with van der Waals surface area (Å²) in [4.78, 5) is 28.5. The lowest BCUT2D eigenvalue weighted by Gasteiger charge is -2.12. The number of nitrogens with one attached hydrogen (secondary N) is 1. The molecule has 172 valence electrons. The summed E-state index contributed by atoms with van der Waals surface area (Å²) in [5.74, 6) is 0.788. The first-order chi connectivity index (χ1) is 16.4. The Hall–Kier alpha value is -4.45. The average molecular weight is 478 g/mol. The van der Waals surface area contributed by atoms with E-state index in [1.54, 1.807) is 55.1 Å². The highest BCUT2D eigenvalue weighted by atomic mass is 32.2. The first-order valence-corrected chi connectivity index (χ1v) is 10.6. The third-order valence-corrected chi connectivity index (χ3v) is 5.70. The van der Waals surface area contributed by atoms with Gasteiger partial charge >= 0.3 is 0 Å². The molecule has 0 saturated heterocycles. The summed E-state index contributed by atoms with van der Waals surface area (Å²) in [6.07, 6.45) is 3.02. The van der Waals surface area contributed by atoms with Crippen LogP contribution in [0.3, 0.4) is 0 Å². The van der Waals surface area contributed by atoms with E-state index < -0.39 is 10.8 Å². The van der Waals surface area contributed by atoms with Gasteiger partial charge in [-0.05, 0) is 60.3 Å². The molecule has 0 aliphatic heterocycles. The van der Waals surface area contributed by atoms with Crippen LogP contribution in [-0.4, -0.2) is 37.7 Å². The quantitative estimate of drug-likeness (QED) is 0.290. The van der Waals surface area contributed by atoms with Crippen molar-refractivity contribution in [1.82, 2.24) is 19.7 Å². The summed E-state index contributed by atoms with van der Waals surface area (Å²) in [5.41, 5.74) is 0.193. The highest BCUT2D eigenvalue weighted by Crippen LogP contribution is 2.35. The first kappa shape index (κ1) is 22.7. The van der Waals surface area contributed by atoms with Crippen LogP contribution in [0, 0.1) is 10.1 Å². The van der Waals surface area contributed by atoms with E-state index in [0.717, 1.165) is 11.8 Å². The first-order valence-electron chi connectivity index (χ1n) is 9.83. The Kier molecular flexibility index (Phi) is 6.69. The van der Waals surface area contributed by atoms with Crippen LogP contribution in [-0.2, 0) is 7.05 Å². The summed E-state index contributed by atoms with van der Waals surface area (Å²) < 4.78 is 12.6. The number of rotatable bonds is 8. The van der Waals surface area contributed by atoms with Crippen molar-refractivity contribution in [3.63, 3.8) is 0 Å². The lowest BCUT2D eigenvalue weighted by Crippen LogP contribution is -2.13. The Morgan fingerprint density at radius 3 is 2.59 bits per heavy atom. The number of nitro benzene ring substituents is 1. The molecule has 2 heterocycles. The highest BCUT2D eigenvalue weighted by molar-refractivity contribution is 7.99. The van der Waals surface area contributed by atoms with Crippen LogP contribution in [0.15, 0.2) is 77.2 Å². The maximum absolute atomic E-state index is 12.9. The van der Waals surface area contributed by atoms with Crippen LogP contribution in [0.25, 0.3) is 0 Å². The molecule has 4 rings (SSSR count). The molecule has 0 bridgehead atoms. The van der Waals surface area contributed by atoms with Crippen molar-refractivity contribution in [1.29, 1.82) is 0 Å². The summed E-state index contributed by atoms with van der Waals surface area (Å²) in [7, 11) is 3.29. The van der Waals surface area contributed by atoms with Gasteiger partial charge in [0.15, 0.2) is 5.16 Å². The normalized spacial score (nSPS) is 10.5. The molecule has 0 unspecified atom stereocenters. The highest BCUT2D eigenvalue weighted by Gasteiger charge is 2.21. The summed E-state index contributed by atoms with van der Waals surface area (Å²) >= 11 is 1.08. The molecule has 0 radical (unpaired) electrons. The molecule has 12 heteroatoms. The molecule has 2 aromatic heterocycles. The fourth-order valence-electron chi connectivity index (χ4n) is 2.87. The molecule has 4 aromatic rings. The van der Waals surface area contributed by atoms with Crippen molar-refractivity contribution in [2.24, 2.45) is 7.05 Å². The maximum atomic E-state index is 12.9. The minimum Gasteiger partial charge on any atom is -0.497 e. The Labute approximate surface area is 197 Å². The average Bonchev–Trinajstić information content (AvgIpc) is 3.25. The second-order valence-electron chi connectivity index (χ2n) is 6.85. The van der Waals surface area contributed by atoms with Gasteiger partial charge in [0.2, 0.25) is 5.88 Å². The number of nitrogens with zero attached hydrogens (tertiary/aromatic N) is 5. The Morgan fingerprint density at radius 1 is 1.15 bits per heavy atom. The van der Waals surface area contributed by atoms with Crippen LogP contribution in [0.1, 0.15) is 10.4 Å². The van der Waals surface area contributed by atoms with E-state index in [1.165, 1.54) is 30.7 Å². The van der Waals surface area contributed by atoms with Gasteiger partial charge in [-0.1, -0.05) is 0 Å². The number of nitro groups is 1. The number of aromatic nitrogens is 4. The SMILES string of the molecule is COc1ccc(Oc2ncccc2NC(=O)c2ccc(Sc3nncn3C)c([N+](=O)[O-])c2)cc1. The summed E-state index contributed by atoms with van der Waals surface area (Å²) in [5, 5.41) is 22.5. The van der Waals surface area contributed by atoms with Crippen LogP contribution in [0.2, 0.25) is 0 Å². The van der Waals surface area contributed by atoms with Crippen LogP contribution in [0.4, 0.5) is 11.4 Å². The number of anilines is 1. The number of methoxy groups -OCH3 is 1. The van der Waals surface area contributed by atoms with Gasteiger partial charge in [-0.15, -0.1) is 10.2 Å². The minimum absolute atomic E-state index is 0.105. The van der Waals surface area contributed by atoms with E-state index in [0.29, 0.717) is 27.2 Å². The van der Waals surface area contributed by atoms with Crippen LogP contribution < -0.4 is 14.8 Å². The van der Waals surface area contributed by atoms with Gasteiger partial charge in [-0.2, -0.15) is 0 Å². The fourth-order valence-corrected chi connectivity index (χ4v) is 3.72. The number of carbonyl (C=O) groups is 1. The second-order valence-corrected chi connectivity index (χ2v) is 7.86. The molecule has 0 aliphatic carbocycles. The monoisotopic (exact) mass is 478 g/mol. The van der Waals surface area contributed by atoms with Crippen molar-refractivity contribution >= 4 is 29.0 Å². The maximum Gasteiger partial charge on any atom is 0.284 e. The molecule has 11 nitrogen and oxygen atoms in total. The number of benzene rings is 2. The molecule has 0 aliphatic rings. The number of carbonyl (C=O) groups excluding carboxylic acids is 1. The van der Waals surface area contributed by atoms with Gasteiger partial charge < -0.3 is 19.4 Å². The Bertz CT molecular complexity index is 1340. The standard InChI is InChI=1S/C22H18N6O5S/c1-27-13-24-26-22(27)34-19-10-5-14(12-18(19)28(30)31)20(29)25-17-4-3-11-23-21(17)33-16-8-6-15(32-2)7-9-16/h3-13H,1-2H3,(H,25,29). The van der Waals surface area contributed by atoms with Crippen molar-refractivity contribution in [2.45, 2.75) is 10.1 Å². The fraction of sp³-hybridized carbons (Fsp3) is 0.0909. The smallest absolute Gasteiger partial charge is 0.284 e. The van der Waals surface area contributed by atoms with Crippen LogP contribution in [0.5, 0.6) is 17.4 Å². The van der Waals surface area contributed by atoms with Crippen molar-refractivity contribution < 1.29 is 19.2 Å². The Morgan fingerprint density at radius 2 is 1.91 bits per heavy atom.